The van der Waals surface area contributed by atoms with E-state index in [-0.39, 0.29) is 0 Å². The summed E-state index contributed by atoms with van der Waals surface area (Å²) in [5.74, 6) is 1.46. The van der Waals surface area contributed by atoms with Gasteiger partial charge < -0.3 is 5.32 Å². The molecule has 1 N–H and O–H groups in total. The zero-order chi connectivity index (χ0) is 13.8. The molecule has 0 saturated heterocycles. The predicted octanol–water partition coefficient (Wildman–Crippen LogP) is 2.02. The third kappa shape index (κ3) is 3.17. The summed E-state index contributed by atoms with van der Waals surface area (Å²) < 4.78 is 1.83. The van der Waals surface area contributed by atoms with Crippen LogP contribution < -0.4 is 5.32 Å². The Kier molecular flexibility index (Phi) is 4.27. The fourth-order valence-electron chi connectivity index (χ4n) is 2.10. The van der Waals surface area contributed by atoms with E-state index in [0.29, 0.717) is 12.5 Å². The number of tetrazole rings is 1. The largest absolute Gasteiger partial charge is 0.310 e. The molecule has 0 bridgehead atoms. The van der Waals surface area contributed by atoms with E-state index >= 15 is 0 Å². The van der Waals surface area contributed by atoms with Gasteiger partial charge in [-0.1, -0.05) is 32.0 Å². The summed E-state index contributed by atoms with van der Waals surface area (Å²) in [6, 6.07) is 6.21. The van der Waals surface area contributed by atoms with Crippen LogP contribution in [0.15, 0.2) is 18.2 Å². The van der Waals surface area contributed by atoms with E-state index in [9.17, 15) is 0 Å². The van der Waals surface area contributed by atoms with Gasteiger partial charge in [0.1, 0.15) is 0 Å². The fraction of sp³-hybridized carbons (Fsp3) is 0.500. The van der Waals surface area contributed by atoms with Gasteiger partial charge in [-0.2, -0.15) is 4.68 Å². The molecule has 5 nitrogen and oxygen atoms in total. The smallest absolute Gasteiger partial charge is 0.170 e. The summed E-state index contributed by atoms with van der Waals surface area (Å²) in [5.41, 5.74) is 3.43. The average Bonchev–Trinajstić information content (AvgIpc) is 2.77. The molecule has 1 aromatic heterocycles. The minimum absolute atomic E-state index is 0.615. The Balaban J connectivity index is 2.24. The summed E-state index contributed by atoms with van der Waals surface area (Å²) >= 11 is 0. The van der Waals surface area contributed by atoms with Crippen molar-refractivity contribution in [2.45, 2.75) is 34.2 Å². The molecule has 102 valence electrons. The third-order valence-electron chi connectivity index (χ3n) is 3.02. The van der Waals surface area contributed by atoms with E-state index in [1.54, 1.807) is 0 Å². The number of aryl methyl sites for hydroxylation is 2. The second-order valence-electron chi connectivity index (χ2n) is 5.27. The van der Waals surface area contributed by atoms with Gasteiger partial charge in [-0.05, 0) is 47.9 Å². The lowest BCUT2D eigenvalue weighted by molar-refractivity contribution is 0.537. The molecule has 0 amide bonds. The van der Waals surface area contributed by atoms with Crippen molar-refractivity contribution in [3.63, 3.8) is 0 Å². The zero-order valence-corrected chi connectivity index (χ0v) is 12.0. The Morgan fingerprint density at radius 1 is 1.21 bits per heavy atom. The van der Waals surface area contributed by atoms with E-state index in [0.717, 1.165) is 18.1 Å². The molecular formula is C14H21N5. The maximum Gasteiger partial charge on any atom is 0.170 e. The Labute approximate surface area is 114 Å². The van der Waals surface area contributed by atoms with E-state index in [2.05, 4.69) is 66.7 Å². The van der Waals surface area contributed by atoms with E-state index in [1.807, 2.05) is 4.68 Å². The van der Waals surface area contributed by atoms with Crippen molar-refractivity contribution in [1.29, 1.82) is 0 Å². The number of rotatable bonds is 5. The quantitative estimate of drug-likeness (QED) is 0.892. The summed E-state index contributed by atoms with van der Waals surface area (Å²) in [6.45, 7) is 10.2. The molecule has 0 aliphatic rings. The minimum Gasteiger partial charge on any atom is -0.310 e. The number of nitrogens with one attached hydrogen (secondary N) is 1. The summed E-state index contributed by atoms with van der Waals surface area (Å²) in [5, 5.41) is 15.4. The van der Waals surface area contributed by atoms with Gasteiger partial charge in [0.15, 0.2) is 5.82 Å². The number of benzene rings is 1. The van der Waals surface area contributed by atoms with E-state index in [4.69, 9.17) is 0 Å². The lowest BCUT2D eigenvalue weighted by Crippen LogP contribution is -2.21. The molecule has 0 aliphatic carbocycles. The normalized spacial score (nSPS) is 11.2. The monoisotopic (exact) mass is 259 g/mol. The number of nitrogens with zero attached hydrogens (tertiary/aromatic N) is 4. The lowest BCUT2D eigenvalue weighted by Gasteiger charge is -2.11. The fourth-order valence-corrected chi connectivity index (χ4v) is 2.10. The highest BCUT2D eigenvalue weighted by molar-refractivity contribution is 5.46. The Hall–Kier alpha value is -1.75. The summed E-state index contributed by atoms with van der Waals surface area (Å²) in [4.78, 5) is 0. The molecule has 0 spiro atoms. The van der Waals surface area contributed by atoms with Crippen molar-refractivity contribution in [3.8, 4) is 5.69 Å². The third-order valence-corrected chi connectivity index (χ3v) is 3.02. The van der Waals surface area contributed by atoms with Crippen LogP contribution in [-0.4, -0.2) is 26.8 Å². The lowest BCUT2D eigenvalue weighted by atomic mass is 10.1. The molecule has 5 heteroatoms. The molecule has 2 aromatic rings. The minimum atomic E-state index is 0.615. The van der Waals surface area contributed by atoms with Crippen LogP contribution in [0.3, 0.4) is 0 Å². The maximum atomic E-state index is 4.12. The number of aromatic nitrogens is 4. The topological polar surface area (TPSA) is 55.6 Å². The zero-order valence-electron chi connectivity index (χ0n) is 12.0. The number of hydrogen-bond donors (Lipinski definition) is 1. The highest BCUT2D eigenvalue weighted by atomic mass is 15.5. The Morgan fingerprint density at radius 2 is 1.89 bits per heavy atom. The first-order valence-corrected chi connectivity index (χ1v) is 6.64. The van der Waals surface area contributed by atoms with Crippen molar-refractivity contribution in [2.24, 2.45) is 5.92 Å². The van der Waals surface area contributed by atoms with Crippen molar-refractivity contribution in [1.82, 2.24) is 25.5 Å². The maximum absolute atomic E-state index is 4.12. The highest BCUT2D eigenvalue weighted by Crippen LogP contribution is 2.18. The first kappa shape index (κ1) is 13.7. The van der Waals surface area contributed by atoms with Gasteiger partial charge in [-0.25, -0.2) is 0 Å². The molecule has 19 heavy (non-hydrogen) atoms. The molecule has 0 fully saturated rings. The van der Waals surface area contributed by atoms with Gasteiger partial charge >= 0.3 is 0 Å². The summed E-state index contributed by atoms with van der Waals surface area (Å²) in [7, 11) is 0. The molecule has 0 saturated carbocycles. The van der Waals surface area contributed by atoms with Gasteiger partial charge in [0.05, 0.1) is 12.2 Å². The first-order valence-electron chi connectivity index (χ1n) is 6.64. The average molecular weight is 259 g/mol. The van der Waals surface area contributed by atoms with Gasteiger partial charge in [-0.15, -0.1) is 5.10 Å². The van der Waals surface area contributed by atoms with Crippen LogP contribution in [0.1, 0.15) is 30.8 Å². The summed E-state index contributed by atoms with van der Waals surface area (Å²) in [6.07, 6.45) is 0. The molecule has 1 heterocycles. The standard InChI is InChI=1S/C14H21N5/c1-10(2)8-15-9-13-16-17-18-19(13)14-11(3)6-5-7-12(14)4/h5-7,10,15H,8-9H2,1-4H3. The van der Waals surface area contributed by atoms with Crippen LogP contribution in [0.5, 0.6) is 0 Å². The Morgan fingerprint density at radius 3 is 2.53 bits per heavy atom. The van der Waals surface area contributed by atoms with E-state index in [1.165, 1.54) is 11.1 Å². The van der Waals surface area contributed by atoms with Gasteiger partial charge in [0, 0.05) is 0 Å². The van der Waals surface area contributed by atoms with Crippen LogP contribution in [0, 0.1) is 19.8 Å². The SMILES string of the molecule is Cc1cccc(C)c1-n1nnnc1CNCC(C)C. The van der Waals surface area contributed by atoms with Crippen LogP contribution in [0.4, 0.5) is 0 Å². The molecule has 0 aliphatic heterocycles. The van der Waals surface area contributed by atoms with Crippen molar-refractivity contribution >= 4 is 0 Å². The van der Waals surface area contributed by atoms with Crippen LogP contribution >= 0.6 is 0 Å². The van der Waals surface area contributed by atoms with Crippen LogP contribution in [-0.2, 0) is 6.54 Å². The molecule has 2 rings (SSSR count). The number of para-hydroxylation sites is 1. The van der Waals surface area contributed by atoms with Gasteiger partial charge in [0.25, 0.3) is 0 Å². The predicted molar refractivity (Wildman–Crippen MR) is 75.2 cm³/mol. The van der Waals surface area contributed by atoms with Gasteiger partial charge in [-0.3, -0.25) is 0 Å². The second-order valence-corrected chi connectivity index (χ2v) is 5.27. The first-order chi connectivity index (χ1) is 9.09. The molecule has 0 radical (unpaired) electrons. The van der Waals surface area contributed by atoms with Crippen molar-refractivity contribution in [2.75, 3.05) is 6.54 Å². The van der Waals surface area contributed by atoms with Crippen LogP contribution in [0.25, 0.3) is 5.69 Å². The van der Waals surface area contributed by atoms with Gasteiger partial charge in [0.2, 0.25) is 0 Å². The molecule has 0 unspecified atom stereocenters. The number of hydrogen-bond acceptors (Lipinski definition) is 4. The Bertz CT molecular complexity index is 524. The molecule has 0 atom stereocenters. The highest BCUT2D eigenvalue weighted by Gasteiger charge is 2.12. The van der Waals surface area contributed by atoms with E-state index < -0.39 is 0 Å². The molecular weight excluding hydrogens is 238 g/mol. The molecule has 1 aromatic carbocycles. The van der Waals surface area contributed by atoms with Crippen LogP contribution in [0.2, 0.25) is 0 Å². The van der Waals surface area contributed by atoms with Crippen molar-refractivity contribution < 1.29 is 0 Å². The second kappa shape index (κ2) is 5.93. The van der Waals surface area contributed by atoms with Crippen molar-refractivity contribution in [3.05, 3.63) is 35.2 Å².